The van der Waals surface area contributed by atoms with Crippen LogP contribution < -0.4 is 0 Å². The van der Waals surface area contributed by atoms with Crippen molar-refractivity contribution in [2.24, 2.45) is 17.8 Å². The Morgan fingerprint density at radius 2 is 1.24 bits per heavy atom. The minimum atomic E-state index is -5.62. The van der Waals surface area contributed by atoms with Crippen LogP contribution >= 0.6 is 0 Å². The van der Waals surface area contributed by atoms with Gasteiger partial charge in [-0.15, -0.1) is 0 Å². The summed E-state index contributed by atoms with van der Waals surface area (Å²) in [5.41, 5.74) is 1.71. The highest BCUT2D eigenvalue weighted by molar-refractivity contribution is 7.03. The van der Waals surface area contributed by atoms with Crippen molar-refractivity contribution in [2.45, 2.75) is 94.6 Å². The Bertz CT molecular complexity index is 1000. The molecule has 0 saturated heterocycles. The summed E-state index contributed by atoms with van der Waals surface area (Å²) in [6.07, 6.45) is 0.873. The average Bonchev–Trinajstić information content (AvgIpc) is 2.93. The molecule has 2 unspecified atom stereocenters. The van der Waals surface area contributed by atoms with Gasteiger partial charge < -0.3 is 0 Å². The predicted octanol–water partition coefficient (Wildman–Crippen LogP) is 8.54. The van der Waals surface area contributed by atoms with Gasteiger partial charge in [0.25, 0.3) is 6.17 Å². The molecule has 0 aliphatic heterocycles. The van der Waals surface area contributed by atoms with Crippen LogP contribution in [0, 0.1) is 17.8 Å². The summed E-state index contributed by atoms with van der Waals surface area (Å²) < 4.78 is 78.8. The first kappa shape index (κ1) is 29.4. The van der Waals surface area contributed by atoms with Crippen molar-refractivity contribution < 1.29 is 26.3 Å². The third-order valence-corrected chi connectivity index (χ3v) is 16.1. The first-order valence-corrected chi connectivity index (χ1v) is 20.5. The lowest BCUT2D eigenvalue weighted by molar-refractivity contribution is -0.248. The van der Waals surface area contributed by atoms with E-state index >= 15 is 0 Å². The molecule has 0 N–H and O–H groups in total. The Morgan fingerprint density at radius 3 is 1.71 bits per heavy atom. The second-order valence-corrected chi connectivity index (χ2v) is 20.3. The van der Waals surface area contributed by atoms with Gasteiger partial charge in [0.15, 0.2) is 0 Å². The molecule has 2 saturated carbocycles. The summed E-state index contributed by atoms with van der Waals surface area (Å²) in [4.78, 5) is 0. The molecule has 0 nitrogen and oxygen atoms in total. The van der Waals surface area contributed by atoms with Crippen LogP contribution in [0.25, 0.3) is 11.1 Å². The van der Waals surface area contributed by atoms with E-state index in [1.165, 1.54) is 84.9 Å². The van der Waals surface area contributed by atoms with Gasteiger partial charge >= 0.3 is 12.1 Å². The highest BCUT2D eigenvalue weighted by Gasteiger charge is 2.57. The molecule has 0 heterocycles. The molecule has 0 radical (unpaired) electrons. The Balaban J connectivity index is 1.30. The number of benzene rings is 2. The van der Waals surface area contributed by atoms with Crippen LogP contribution in [0.5, 0.6) is 0 Å². The summed E-state index contributed by atoms with van der Waals surface area (Å²) in [7, 11) is 1.13. The summed E-state index contributed by atoms with van der Waals surface area (Å²) >= 11 is 0. The zero-order chi connectivity index (χ0) is 27.5. The molecule has 210 valence electrons. The van der Waals surface area contributed by atoms with Crippen LogP contribution in [0.2, 0.25) is 12.1 Å². The normalized spacial score (nSPS) is 26.7. The molecule has 2 aliphatic rings. The van der Waals surface area contributed by atoms with E-state index in [1.54, 1.807) is 6.04 Å². The van der Waals surface area contributed by atoms with Crippen LogP contribution in [-0.4, -0.2) is 30.4 Å². The highest BCUT2D eigenvalue weighted by atomic mass is 29.1. The molecule has 2 atom stereocenters. The average molecular weight is 571 g/mol. The molecule has 2 aromatic rings. The standard InChI is InChI=1S/C30H40F6Si2/c1-2-38(37)19-20-3-5-21(6-4-20)22-7-9-23(10-8-22)24-11-13-25(14-12-24)26-15-17-27(18-16-26)29(32,33)28(31)30(34,35)36/h11-18,20-23,28,38H,2-10,19H2,1,37H3. The molecule has 4 rings (SSSR count). The van der Waals surface area contributed by atoms with E-state index in [4.69, 9.17) is 0 Å². The lowest BCUT2D eigenvalue weighted by atomic mass is 9.68. The molecule has 0 amide bonds. The molecule has 38 heavy (non-hydrogen) atoms. The van der Waals surface area contributed by atoms with Gasteiger partial charge in [0.1, 0.15) is 0 Å². The predicted molar refractivity (Wildman–Crippen MR) is 149 cm³/mol. The van der Waals surface area contributed by atoms with Gasteiger partial charge in [-0.1, -0.05) is 80.4 Å². The van der Waals surface area contributed by atoms with E-state index in [0.29, 0.717) is 11.5 Å². The number of rotatable bonds is 8. The zero-order valence-electron chi connectivity index (χ0n) is 22.4. The summed E-state index contributed by atoms with van der Waals surface area (Å²) in [6, 6.07) is 15.5. The Kier molecular flexibility index (Phi) is 9.54. The van der Waals surface area contributed by atoms with Gasteiger partial charge in [0.2, 0.25) is 0 Å². The van der Waals surface area contributed by atoms with Crippen LogP contribution in [0.15, 0.2) is 48.5 Å². The Labute approximate surface area is 227 Å². The summed E-state index contributed by atoms with van der Waals surface area (Å²) in [6.45, 7) is 2.39. The first-order valence-electron chi connectivity index (χ1n) is 14.3. The van der Waals surface area contributed by atoms with Crippen molar-refractivity contribution in [3.05, 3.63) is 59.7 Å². The maximum atomic E-state index is 14.0. The number of hydrogen-bond donors (Lipinski definition) is 0. The second-order valence-electron chi connectivity index (χ2n) is 11.9. The lowest BCUT2D eigenvalue weighted by Crippen LogP contribution is -2.39. The van der Waals surface area contributed by atoms with Crippen molar-refractivity contribution >= 4 is 18.1 Å². The number of alkyl halides is 6. The van der Waals surface area contributed by atoms with Gasteiger partial charge in [0.05, 0.1) is 0 Å². The van der Waals surface area contributed by atoms with Crippen LogP contribution in [0.3, 0.4) is 0 Å². The maximum absolute atomic E-state index is 14.0. The van der Waals surface area contributed by atoms with Crippen molar-refractivity contribution in [3.8, 4) is 11.1 Å². The van der Waals surface area contributed by atoms with Crippen molar-refractivity contribution in [1.29, 1.82) is 0 Å². The third-order valence-electron chi connectivity index (χ3n) is 9.35. The minimum Gasteiger partial charge on any atom is -0.230 e. The zero-order valence-corrected chi connectivity index (χ0v) is 25.6. The van der Waals surface area contributed by atoms with Crippen molar-refractivity contribution in [2.75, 3.05) is 0 Å². The Hall–Kier alpha value is -1.55. The van der Waals surface area contributed by atoms with Crippen LogP contribution in [-0.2, 0) is 5.92 Å². The van der Waals surface area contributed by atoms with Gasteiger partial charge in [-0.3, -0.25) is 0 Å². The fraction of sp³-hybridized carbons (Fsp3) is 0.600. The van der Waals surface area contributed by atoms with Gasteiger partial charge in [-0.05, 0) is 88.6 Å². The van der Waals surface area contributed by atoms with Gasteiger partial charge in [-0.25, -0.2) is 4.39 Å². The maximum Gasteiger partial charge on any atom is 0.426 e. The van der Waals surface area contributed by atoms with Crippen LogP contribution in [0.1, 0.15) is 75.3 Å². The SMILES string of the molecule is CC[SiH]([SiH3])CC1CCC(C2CCC(c3ccc(-c4ccc(C(F)(F)C(F)C(F)(F)F)cc4)cc3)CC2)CC1. The smallest absolute Gasteiger partial charge is 0.230 e. The number of hydrogen-bond acceptors (Lipinski definition) is 0. The molecule has 0 spiro atoms. The topological polar surface area (TPSA) is 0 Å². The van der Waals surface area contributed by atoms with E-state index in [-0.39, 0.29) is 8.31 Å². The summed E-state index contributed by atoms with van der Waals surface area (Å²) in [5, 5.41) is 0. The van der Waals surface area contributed by atoms with Crippen LogP contribution in [0.4, 0.5) is 26.3 Å². The quantitative estimate of drug-likeness (QED) is 0.220. The molecule has 0 bridgehead atoms. The number of halogens is 6. The summed E-state index contributed by atoms with van der Waals surface area (Å²) in [5.74, 6) is -1.31. The van der Waals surface area contributed by atoms with Gasteiger partial charge in [-0.2, -0.15) is 22.0 Å². The molecule has 2 fully saturated rings. The van der Waals surface area contributed by atoms with E-state index in [2.05, 4.69) is 19.1 Å². The second kappa shape index (κ2) is 12.3. The van der Waals surface area contributed by atoms with E-state index in [1.807, 2.05) is 12.1 Å². The highest BCUT2D eigenvalue weighted by Crippen LogP contribution is 2.45. The largest absolute Gasteiger partial charge is 0.426 e. The molecule has 8 heteroatoms. The fourth-order valence-corrected chi connectivity index (χ4v) is 10.7. The molecular formula is C30H40F6Si2. The Morgan fingerprint density at radius 1 is 0.763 bits per heavy atom. The molecule has 2 aromatic carbocycles. The van der Waals surface area contributed by atoms with E-state index in [9.17, 15) is 26.3 Å². The third kappa shape index (κ3) is 6.96. The van der Waals surface area contributed by atoms with Crippen molar-refractivity contribution in [1.82, 2.24) is 0 Å². The lowest BCUT2D eigenvalue weighted by Gasteiger charge is -2.38. The monoisotopic (exact) mass is 570 g/mol. The molecule has 2 aliphatic carbocycles. The minimum absolute atomic E-state index is 0.337. The van der Waals surface area contributed by atoms with Crippen molar-refractivity contribution in [3.63, 3.8) is 0 Å². The van der Waals surface area contributed by atoms with E-state index in [0.717, 1.165) is 35.4 Å². The van der Waals surface area contributed by atoms with E-state index < -0.39 is 23.8 Å². The fourth-order valence-electron chi connectivity index (χ4n) is 6.74. The molecule has 0 aromatic heterocycles. The first-order chi connectivity index (χ1) is 18.0. The molecular weight excluding hydrogens is 530 g/mol. The van der Waals surface area contributed by atoms with Gasteiger partial charge in [0, 0.05) is 13.9 Å².